The van der Waals surface area contributed by atoms with Gasteiger partial charge >= 0.3 is 5.97 Å². The van der Waals surface area contributed by atoms with Crippen molar-refractivity contribution in [3.63, 3.8) is 0 Å². The Bertz CT molecular complexity index is 436. The first-order valence-electron chi connectivity index (χ1n) is 5.96. The molecule has 0 aromatic heterocycles. The Morgan fingerprint density at radius 1 is 1.37 bits per heavy atom. The molecule has 0 saturated carbocycles. The first-order chi connectivity index (χ1) is 8.70. The van der Waals surface area contributed by atoms with E-state index in [0.29, 0.717) is 11.3 Å². The molecule has 4 nitrogen and oxygen atoms in total. The number of carbonyl (C=O) groups excluding carboxylic acids is 1. The predicted molar refractivity (Wildman–Crippen MR) is 79.2 cm³/mol. The summed E-state index contributed by atoms with van der Waals surface area (Å²) in [4.78, 5) is 11.7. The summed E-state index contributed by atoms with van der Waals surface area (Å²) in [6, 6.07) is 5.34. The summed E-state index contributed by atoms with van der Waals surface area (Å²) in [5, 5.41) is 3.28. The van der Waals surface area contributed by atoms with Gasteiger partial charge in [-0.3, -0.25) is 0 Å². The third kappa shape index (κ3) is 4.37. The molecule has 0 aliphatic carbocycles. The molecular weight excluding hydrogens is 334 g/mol. The van der Waals surface area contributed by atoms with Gasteiger partial charge in [-0.1, -0.05) is 15.9 Å². The Labute approximate surface area is 127 Å². The van der Waals surface area contributed by atoms with Gasteiger partial charge in [0.25, 0.3) is 0 Å². The van der Waals surface area contributed by atoms with Crippen molar-refractivity contribution >= 4 is 34.3 Å². The monoisotopic (exact) mass is 349 g/mol. The van der Waals surface area contributed by atoms with Crippen LogP contribution in [0.5, 0.6) is 5.75 Å². The minimum atomic E-state index is -0.369. The van der Waals surface area contributed by atoms with E-state index in [4.69, 9.17) is 9.47 Å². The summed E-state index contributed by atoms with van der Waals surface area (Å²) < 4.78 is 11.6. The third-order valence-electron chi connectivity index (χ3n) is 2.93. The number of rotatable bonds is 3. The molecule has 1 fully saturated rings. The molecular formula is C13H17BrClNO3. The molecule has 0 unspecified atom stereocenters. The Balaban J connectivity index is 0.00000180. The summed E-state index contributed by atoms with van der Waals surface area (Å²) in [7, 11) is 1.37. The molecule has 0 radical (unpaired) electrons. The van der Waals surface area contributed by atoms with Gasteiger partial charge in [-0.05, 0) is 44.1 Å². The lowest BCUT2D eigenvalue weighted by molar-refractivity contribution is 0.0591. The highest BCUT2D eigenvalue weighted by Gasteiger charge is 2.19. The largest absolute Gasteiger partial charge is 0.489 e. The molecule has 1 heterocycles. The Morgan fingerprint density at radius 2 is 2.05 bits per heavy atom. The summed E-state index contributed by atoms with van der Waals surface area (Å²) >= 11 is 3.39. The first-order valence-corrected chi connectivity index (χ1v) is 6.75. The van der Waals surface area contributed by atoms with Crippen molar-refractivity contribution in [2.24, 2.45) is 0 Å². The molecule has 106 valence electrons. The number of benzene rings is 1. The lowest BCUT2D eigenvalue weighted by Crippen LogP contribution is -2.34. The maximum atomic E-state index is 11.7. The van der Waals surface area contributed by atoms with Crippen LogP contribution in [0.4, 0.5) is 0 Å². The van der Waals surface area contributed by atoms with Crippen molar-refractivity contribution in [2.45, 2.75) is 18.9 Å². The summed E-state index contributed by atoms with van der Waals surface area (Å²) in [6.07, 6.45) is 2.06. The van der Waals surface area contributed by atoms with E-state index in [1.807, 2.05) is 12.1 Å². The normalized spacial score (nSPS) is 15.5. The standard InChI is InChI=1S/C13H16BrNO3.ClH/c1-17-13(16)11-3-2-9(14)8-12(11)18-10-4-6-15-7-5-10;/h2-3,8,10,15H,4-7H2,1H3;1H. The zero-order chi connectivity index (χ0) is 13.0. The predicted octanol–water partition coefficient (Wildman–Crippen LogP) is 2.79. The average Bonchev–Trinajstić information content (AvgIpc) is 2.39. The molecule has 6 heteroatoms. The van der Waals surface area contributed by atoms with Crippen molar-refractivity contribution in [1.29, 1.82) is 0 Å². The minimum absolute atomic E-state index is 0. The highest BCUT2D eigenvalue weighted by molar-refractivity contribution is 9.10. The van der Waals surface area contributed by atoms with Crippen molar-refractivity contribution in [1.82, 2.24) is 5.32 Å². The van der Waals surface area contributed by atoms with Gasteiger partial charge in [0.15, 0.2) is 0 Å². The van der Waals surface area contributed by atoms with E-state index in [-0.39, 0.29) is 24.5 Å². The SMILES string of the molecule is COC(=O)c1ccc(Br)cc1OC1CCNCC1.Cl. The zero-order valence-corrected chi connectivity index (χ0v) is 13.1. The van der Waals surface area contributed by atoms with E-state index in [1.165, 1.54) is 7.11 Å². The molecule has 2 rings (SSSR count). The highest BCUT2D eigenvalue weighted by atomic mass is 79.9. The number of methoxy groups -OCH3 is 1. The second-order valence-electron chi connectivity index (χ2n) is 4.20. The van der Waals surface area contributed by atoms with Crippen LogP contribution in [0.25, 0.3) is 0 Å². The lowest BCUT2D eigenvalue weighted by atomic mass is 10.1. The van der Waals surface area contributed by atoms with Crippen LogP contribution in [0.3, 0.4) is 0 Å². The zero-order valence-electron chi connectivity index (χ0n) is 10.6. The fourth-order valence-electron chi connectivity index (χ4n) is 1.97. The molecule has 1 aliphatic rings. The van der Waals surface area contributed by atoms with Crippen LogP contribution in [-0.2, 0) is 4.74 Å². The molecule has 1 aliphatic heterocycles. The molecule has 1 aromatic carbocycles. The van der Waals surface area contributed by atoms with Crippen LogP contribution in [-0.4, -0.2) is 32.3 Å². The van der Waals surface area contributed by atoms with E-state index in [0.717, 1.165) is 30.4 Å². The molecule has 1 saturated heterocycles. The molecule has 1 N–H and O–H groups in total. The van der Waals surface area contributed by atoms with E-state index in [1.54, 1.807) is 6.07 Å². The smallest absolute Gasteiger partial charge is 0.341 e. The van der Waals surface area contributed by atoms with Gasteiger partial charge in [0, 0.05) is 4.47 Å². The van der Waals surface area contributed by atoms with E-state index >= 15 is 0 Å². The van der Waals surface area contributed by atoms with Gasteiger partial charge < -0.3 is 14.8 Å². The van der Waals surface area contributed by atoms with Gasteiger partial charge in [-0.2, -0.15) is 0 Å². The van der Waals surface area contributed by atoms with Crippen LogP contribution in [0, 0.1) is 0 Å². The number of piperidine rings is 1. The fourth-order valence-corrected chi connectivity index (χ4v) is 2.31. The van der Waals surface area contributed by atoms with Gasteiger partial charge in [-0.25, -0.2) is 4.79 Å². The maximum absolute atomic E-state index is 11.7. The number of hydrogen-bond donors (Lipinski definition) is 1. The van der Waals surface area contributed by atoms with Crippen LogP contribution >= 0.6 is 28.3 Å². The number of hydrogen-bond acceptors (Lipinski definition) is 4. The van der Waals surface area contributed by atoms with Gasteiger partial charge in [0.2, 0.25) is 0 Å². The highest BCUT2D eigenvalue weighted by Crippen LogP contribution is 2.26. The van der Waals surface area contributed by atoms with E-state index in [9.17, 15) is 4.79 Å². The number of carbonyl (C=O) groups is 1. The van der Waals surface area contributed by atoms with E-state index in [2.05, 4.69) is 21.2 Å². The van der Waals surface area contributed by atoms with Crippen LogP contribution in [0.15, 0.2) is 22.7 Å². The molecule has 0 atom stereocenters. The van der Waals surface area contributed by atoms with Crippen molar-refractivity contribution < 1.29 is 14.3 Å². The molecule has 1 aromatic rings. The summed E-state index contributed by atoms with van der Waals surface area (Å²) in [5.41, 5.74) is 0.472. The van der Waals surface area contributed by atoms with Crippen molar-refractivity contribution in [3.05, 3.63) is 28.2 Å². The van der Waals surface area contributed by atoms with E-state index < -0.39 is 0 Å². The Morgan fingerprint density at radius 3 is 2.68 bits per heavy atom. The van der Waals surface area contributed by atoms with Gasteiger partial charge in [0.1, 0.15) is 17.4 Å². The van der Waals surface area contributed by atoms with Gasteiger partial charge in [-0.15, -0.1) is 12.4 Å². The second-order valence-corrected chi connectivity index (χ2v) is 5.11. The fraction of sp³-hybridized carbons (Fsp3) is 0.462. The molecule has 0 bridgehead atoms. The number of ether oxygens (including phenoxy) is 2. The average molecular weight is 351 g/mol. The first kappa shape index (κ1) is 16.3. The number of halogens is 2. The van der Waals surface area contributed by atoms with Crippen LogP contribution in [0.2, 0.25) is 0 Å². The van der Waals surface area contributed by atoms with Crippen LogP contribution in [0.1, 0.15) is 23.2 Å². The molecule has 0 amide bonds. The summed E-state index contributed by atoms with van der Waals surface area (Å²) in [5.74, 6) is 0.217. The molecule has 0 spiro atoms. The Kier molecular flexibility index (Phi) is 6.62. The van der Waals surface area contributed by atoms with Crippen molar-refractivity contribution in [2.75, 3.05) is 20.2 Å². The maximum Gasteiger partial charge on any atom is 0.341 e. The Hall–Kier alpha value is -0.780. The van der Waals surface area contributed by atoms with Crippen LogP contribution < -0.4 is 10.1 Å². The topological polar surface area (TPSA) is 47.6 Å². The molecule has 19 heavy (non-hydrogen) atoms. The minimum Gasteiger partial charge on any atom is -0.489 e. The number of nitrogens with one attached hydrogen (secondary N) is 1. The lowest BCUT2D eigenvalue weighted by Gasteiger charge is -2.24. The third-order valence-corrected chi connectivity index (χ3v) is 3.42. The summed E-state index contributed by atoms with van der Waals surface area (Å²) in [6.45, 7) is 1.90. The van der Waals surface area contributed by atoms with Crippen molar-refractivity contribution in [3.8, 4) is 5.75 Å². The quantitative estimate of drug-likeness (QED) is 0.852. The second kappa shape index (κ2) is 7.72. The number of esters is 1. The van der Waals surface area contributed by atoms with Gasteiger partial charge in [0.05, 0.1) is 7.11 Å².